The van der Waals surface area contributed by atoms with Gasteiger partial charge in [-0.2, -0.15) is 0 Å². The molecule has 0 aliphatic carbocycles. The lowest BCUT2D eigenvalue weighted by molar-refractivity contribution is -0.670. The van der Waals surface area contributed by atoms with Crippen LogP contribution in [-0.2, 0) is 6.54 Å². The predicted molar refractivity (Wildman–Crippen MR) is 95.7 cm³/mol. The molecule has 1 aromatic carbocycles. The van der Waals surface area contributed by atoms with Crippen LogP contribution in [0.5, 0.6) is 0 Å². The third-order valence-corrected chi connectivity index (χ3v) is 4.11. The smallest absolute Gasteiger partial charge is 0.277 e. The SMILES string of the molecule is Nc1nonc1C(=O)NCC[NH2+]Cc1ccc(-c2ccc(Cl)cc2Cl)o1. The molecule has 2 heterocycles. The van der Waals surface area contributed by atoms with Crippen molar-refractivity contribution < 1.29 is 19.2 Å². The zero-order chi connectivity index (χ0) is 18.5. The van der Waals surface area contributed by atoms with Crippen LogP contribution >= 0.6 is 23.2 Å². The molecular formula is C16H16Cl2N5O3+. The second-order valence-electron chi connectivity index (χ2n) is 5.43. The van der Waals surface area contributed by atoms with E-state index in [1.165, 1.54) is 0 Å². The fraction of sp³-hybridized carbons (Fsp3) is 0.188. The number of amides is 1. The third-order valence-electron chi connectivity index (χ3n) is 3.57. The summed E-state index contributed by atoms with van der Waals surface area (Å²) in [7, 11) is 0. The van der Waals surface area contributed by atoms with Crippen molar-refractivity contribution in [3.63, 3.8) is 0 Å². The van der Waals surface area contributed by atoms with E-state index in [4.69, 9.17) is 33.4 Å². The Morgan fingerprint density at radius 1 is 1.23 bits per heavy atom. The molecule has 0 aliphatic heterocycles. The number of hydrogen-bond acceptors (Lipinski definition) is 6. The van der Waals surface area contributed by atoms with Gasteiger partial charge in [0.05, 0.1) is 18.1 Å². The molecule has 3 aromatic rings. The van der Waals surface area contributed by atoms with Gasteiger partial charge in [-0.05, 0) is 40.6 Å². The van der Waals surface area contributed by atoms with E-state index >= 15 is 0 Å². The maximum absolute atomic E-state index is 11.8. The largest absolute Gasteiger partial charge is 0.455 e. The van der Waals surface area contributed by atoms with Crippen LogP contribution in [0.3, 0.4) is 0 Å². The van der Waals surface area contributed by atoms with E-state index in [2.05, 4.69) is 20.3 Å². The highest BCUT2D eigenvalue weighted by Gasteiger charge is 2.15. The average Bonchev–Trinajstić information content (AvgIpc) is 3.23. The molecule has 0 aliphatic rings. The van der Waals surface area contributed by atoms with Crippen LogP contribution in [0.15, 0.2) is 39.4 Å². The van der Waals surface area contributed by atoms with Crippen LogP contribution in [0.1, 0.15) is 16.2 Å². The molecular weight excluding hydrogens is 381 g/mol. The quantitative estimate of drug-likeness (QED) is 0.522. The van der Waals surface area contributed by atoms with Crippen LogP contribution in [-0.4, -0.2) is 29.3 Å². The number of quaternary nitrogens is 1. The van der Waals surface area contributed by atoms with Gasteiger partial charge in [0.1, 0.15) is 12.3 Å². The molecule has 10 heteroatoms. The first-order chi connectivity index (χ1) is 12.5. The summed E-state index contributed by atoms with van der Waals surface area (Å²) in [5.74, 6) is 1.02. The van der Waals surface area contributed by atoms with Gasteiger partial charge in [-0.15, -0.1) is 0 Å². The molecule has 5 N–H and O–H groups in total. The summed E-state index contributed by atoms with van der Waals surface area (Å²) < 4.78 is 10.2. The number of benzene rings is 1. The molecule has 0 bridgehead atoms. The molecule has 0 saturated carbocycles. The first-order valence-corrected chi connectivity index (χ1v) is 8.52. The van der Waals surface area contributed by atoms with E-state index in [-0.39, 0.29) is 11.5 Å². The van der Waals surface area contributed by atoms with E-state index in [0.717, 1.165) is 11.3 Å². The molecule has 0 atom stereocenters. The van der Waals surface area contributed by atoms with Gasteiger partial charge >= 0.3 is 0 Å². The number of halogens is 2. The number of nitrogen functional groups attached to an aromatic ring is 1. The van der Waals surface area contributed by atoms with E-state index in [9.17, 15) is 4.79 Å². The number of nitrogens with two attached hydrogens (primary N) is 2. The highest BCUT2D eigenvalue weighted by molar-refractivity contribution is 6.36. The fourth-order valence-electron chi connectivity index (χ4n) is 2.29. The van der Waals surface area contributed by atoms with E-state index < -0.39 is 5.91 Å². The summed E-state index contributed by atoms with van der Waals surface area (Å²) in [6.45, 7) is 1.70. The molecule has 0 fully saturated rings. The molecule has 0 saturated heterocycles. The van der Waals surface area contributed by atoms with Gasteiger partial charge in [0, 0.05) is 10.6 Å². The summed E-state index contributed by atoms with van der Waals surface area (Å²) in [6, 6.07) is 9.00. The molecule has 0 radical (unpaired) electrons. The predicted octanol–water partition coefficient (Wildman–Crippen LogP) is 1.71. The monoisotopic (exact) mass is 396 g/mol. The van der Waals surface area contributed by atoms with Crippen molar-refractivity contribution in [3.8, 4) is 11.3 Å². The summed E-state index contributed by atoms with van der Waals surface area (Å²) in [4.78, 5) is 11.8. The van der Waals surface area contributed by atoms with Crippen molar-refractivity contribution in [1.29, 1.82) is 0 Å². The number of rotatable bonds is 7. The second kappa shape index (κ2) is 8.22. The molecule has 8 nitrogen and oxygen atoms in total. The Hall–Kier alpha value is -2.55. The number of carbonyl (C=O) groups excluding carboxylic acids is 1. The van der Waals surface area contributed by atoms with Gasteiger partial charge < -0.3 is 20.8 Å². The Morgan fingerprint density at radius 3 is 2.81 bits per heavy atom. The first-order valence-electron chi connectivity index (χ1n) is 7.76. The molecule has 136 valence electrons. The molecule has 1 amide bonds. The van der Waals surface area contributed by atoms with E-state index in [0.29, 0.717) is 35.4 Å². The van der Waals surface area contributed by atoms with Gasteiger partial charge in [-0.1, -0.05) is 23.2 Å². The number of aromatic nitrogens is 2. The number of carbonyl (C=O) groups is 1. The minimum atomic E-state index is -0.421. The Kier molecular flexibility index (Phi) is 5.77. The van der Waals surface area contributed by atoms with Crippen LogP contribution < -0.4 is 16.4 Å². The lowest BCUT2D eigenvalue weighted by atomic mass is 10.2. The molecule has 0 spiro atoms. The number of anilines is 1. The van der Waals surface area contributed by atoms with Gasteiger partial charge in [0.2, 0.25) is 11.5 Å². The van der Waals surface area contributed by atoms with Crippen molar-refractivity contribution in [2.45, 2.75) is 6.54 Å². The minimum absolute atomic E-state index is 0.0134. The molecule has 0 unspecified atom stereocenters. The Morgan fingerprint density at radius 2 is 2.08 bits per heavy atom. The lowest BCUT2D eigenvalue weighted by Gasteiger charge is -2.03. The Labute approximate surface area is 158 Å². The third kappa shape index (κ3) is 4.34. The maximum Gasteiger partial charge on any atom is 0.277 e. The van der Waals surface area contributed by atoms with Crippen molar-refractivity contribution in [3.05, 3.63) is 51.8 Å². The maximum atomic E-state index is 11.8. The van der Waals surface area contributed by atoms with Crippen LogP contribution in [0, 0.1) is 0 Å². The van der Waals surface area contributed by atoms with E-state index in [1.807, 2.05) is 23.5 Å². The topological polar surface area (TPSA) is 124 Å². The normalized spacial score (nSPS) is 10.8. The number of nitrogens with zero attached hydrogens (tertiary/aromatic N) is 2. The fourth-order valence-corrected chi connectivity index (χ4v) is 2.79. The molecule has 2 aromatic heterocycles. The zero-order valence-electron chi connectivity index (χ0n) is 13.5. The second-order valence-corrected chi connectivity index (χ2v) is 6.27. The van der Waals surface area contributed by atoms with Crippen molar-refractivity contribution in [2.24, 2.45) is 0 Å². The molecule has 3 rings (SSSR count). The number of hydrogen-bond donors (Lipinski definition) is 3. The summed E-state index contributed by atoms with van der Waals surface area (Å²) in [5.41, 5.74) is 6.22. The Bertz CT molecular complexity index is 909. The van der Waals surface area contributed by atoms with Gasteiger partial charge in [-0.3, -0.25) is 4.79 Å². The zero-order valence-corrected chi connectivity index (χ0v) is 15.0. The van der Waals surface area contributed by atoms with Crippen LogP contribution in [0.4, 0.5) is 5.82 Å². The standard InChI is InChI=1S/C16H15Cl2N5O3/c17-9-1-3-11(12(18)7-9)13-4-2-10(25-13)8-20-5-6-21-16(24)14-15(19)23-26-22-14/h1-4,7,20H,5-6,8H2,(H2,19,23)(H,21,24)/p+1. The lowest BCUT2D eigenvalue weighted by Crippen LogP contribution is -2.84. The number of furan rings is 1. The highest BCUT2D eigenvalue weighted by Crippen LogP contribution is 2.31. The van der Waals surface area contributed by atoms with Crippen molar-refractivity contribution >= 4 is 34.9 Å². The van der Waals surface area contributed by atoms with Crippen LogP contribution in [0.2, 0.25) is 10.0 Å². The molecule has 26 heavy (non-hydrogen) atoms. The van der Waals surface area contributed by atoms with Gasteiger partial charge in [0.15, 0.2) is 5.76 Å². The van der Waals surface area contributed by atoms with Crippen molar-refractivity contribution in [2.75, 3.05) is 18.8 Å². The Balaban J connectivity index is 1.45. The highest BCUT2D eigenvalue weighted by atomic mass is 35.5. The van der Waals surface area contributed by atoms with Gasteiger partial charge in [-0.25, -0.2) is 4.63 Å². The van der Waals surface area contributed by atoms with Crippen LogP contribution in [0.25, 0.3) is 11.3 Å². The summed E-state index contributed by atoms with van der Waals surface area (Å²) in [6.07, 6.45) is 0. The number of nitrogens with one attached hydrogen (secondary N) is 1. The van der Waals surface area contributed by atoms with Crippen molar-refractivity contribution in [1.82, 2.24) is 15.6 Å². The van der Waals surface area contributed by atoms with E-state index in [1.54, 1.807) is 12.1 Å². The minimum Gasteiger partial charge on any atom is -0.455 e. The average molecular weight is 397 g/mol. The summed E-state index contributed by atoms with van der Waals surface area (Å²) in [5, 5.41) is 12.6. The summed E-state index contributed by atoms with van der Waals surface area (Å²) >= 11 is 12.1. The first kappa shape index (κ1) is 18.2. The van der Waals surface area contributed by atoms with Gasteiger partial charge in [0.25, 0.3) is 5.91 Å².